The van der Waals surface area contributed by atoms with Crippen molar-refractivity contribution < 1.29 is 28.6 Å². The zero-order valence-electron chi connectivity index (χ0n) is 25.9. The predicted octanol–water partition coefficient (Wildman–Crippen LogP) is 5.13. The van der Waals surface area contributed by atoms with E-state index >= 15 is 0 Å². The Labute approximate surface area is 301 Å². The molecule has 3 fully saturated rings. The molecular formula is C31H34Cl3FN8O5S. The Morgan fingerprint density at radius 2 is 1.86 bits per heavy atom. The SMILES string of the molecule is Cl.Cl.NC(=O)c1ccc(-c2cc(N3CCC[C@@H](NC(=O)c4sc(Cl)cc4OC4CC5(CC(NC(=O)O)C5)C4)C3)c3c(N)ncnn23)cc1F. The fourth-order valence-electron chi connectivity index (χ4n) is 7.29. The number of aromatic nitrogens is 3. The molecule has 2 saturated carbocycles. The molecule has 1 aliphatic heterocycles. The molecule has 7 N–H and O–H groups in total. The molecule has 13 nitrogen and oxygen atoms in total. The minimum atomic E-state index is -1.00. The van der Waals surface area contributed by atoms with E-state index in [1.165, 1.54) is 18.5 Å². The van der Waals surface area contributed by atoms with Gasteiger partial charge in [-0.25, -0.2) is 18.7 Å². The fourth-order valence-corrected chi connectivity index (χ4v) is 8.34. The zero-order valence-corrected chi connectivity index (χ0v) is 29.1. The number of anilines is 2. The van der Waals surface area contributed by atoms with Crippen LogP contribution in [0.4, 0.5) is 20.7 Å². The topological polar surface area (TPSA) is 190 Å². The van der Waals surface area contributed by atoms with E-state index in [2.05, 4.69) is 25.6 Å². The van der Waals surface area contributed by atoms with Crippen LogP contribution in [-0.4, -0.2) is 68.9 Å². The van der Waals surface area contributed by atoms with Gasteiger partial charge in [0.05, 0.1) is 27.4 Å². The van der Waals surface area contributed by atoms with E-state index in [4.69, 9.17) is 32.9 Å². The number of rotatable bonds is 8. The summed E-state index contributed by atoms with van der Waals surface area (Å²) in [6.07, 6.45) is 4.98. The van der Waals surface area contributed by atoms with Crippen LogP contribution in [0.15, 0.2) is 36.7 Å². The number of primary amides is 1. The number of carboxylic acid groups (broad SMARTS) is 1. The molecule has 262 valence electrons. The molecule has 1 atom stereocenters. The molecule has 3 aromatic heterocycles. The normalized spacial score (nSPS) is 22.7. The van der Waals surface area contributed by atoms with Gasteiger partial charge in [-0.15, -0.1) is 36.2 Å². The molecule has 1 spiro atoms. The van der Waals surface area contributed by atoms with Gasteiger partial charge >= 0.3 is 6.09 Å². The van der Waals surface area contributed by atoms with Crippen molar-refractivity contribution in [3.05, 3.63) is 57.3 Å². The molecule has 0 unspecified atom stereocenters. The lowest BCUT2D eigenvalue weighted by molar-refractivity contribution is -0.0836. The number of ether oxygens (including phenoxy) is 1. The number of piperidine rings is 1. The van der Waals surface area contributed by atoms with Crippen molar-refractivity contribution in [3.8, 4) is 17.0 Å². The number of thiophene rings is 1. The lowest BCUT2D eigenvalue weighted by Gasteiger charge is -2.56. The summed E-state index contributed by atoms with van der Waals surface area (Å²) in [6, 6.07) is 7.47. The molecule has 49 heavy (non-hydrogen) atoms. The van der Waals surface area contributed by atoms with Crippen molar-refractivity contribution in [2.75, 3.05) is 23.7 Å². The number of nitrogens with zero attached hydrogens (tertiary/aromatic N) is 4. The number of fused-ring (bicyclic) bond motifs is 1. The molecule has 3 aliphatic rings. The van der Waals surface area contributed by atoms with E-state index in [0.717, 1.165) is 55.5 Å². The summed E-state index contributed by atoms with van der Waals surface area (Å²) in [5.74, 6) is -1.19. The van der Waals surface area contributed by atoms with E-state index in [-0.39, 0.29) is 65.7 Å². The van der Waals surface area contributed by atoms with Gasteiger partial charge in [0.15, 0.2) is 5.82 Å². The Morgan fingerprint density at radius 1 is 1.10 bits per heavy atom. The molecule has 2 aliphatic carbocycles. The van der Waals surface area contributed by atoms with Crippen LogP contribution in [0.5, 0.6) is 5.75 Å². The Bertz CT molecular complexity index is 1910. The fraction of sp³-hybridized carbons (Fsp3) is 0.387. The number of halogens is 4. The van der Waals surface area contributed by atoms with Crippen LogP contribution in [0.3, 0.4) is 0 Å². The summed E-state index contributed by atoms with van der Waals surface area (Å²) in [7, 11) is 0. The molecule has 1 aromatic carbocycles. The molecule has 1 saturated heterocycles. The molecule has 4 aromatic rings. The summed E-state index contributed by atoms with van der Waals surface area (Å²) in [4.78, 5) is 42.7. The highest BCUT2D eigenvalue weighted by Gasteiger charge is 2.54. The lowest BCUT2D eigenvalue weighted by Crippen LogP contribution is -2.58. The minimum absolute atomic E-state index is 0. The molecular weight excluding hydrogens is 722 g/mol. The number of carbonyl (C=O) groups is 3. The summed E-state index contributed by atoms with van der Waals surface area (Å²) in [5, 5.41) is 19.0. The number of nitrogens with one attached hydrogen (secondary N) is 2. The number of nitrogens with two attached hydrogens (primary N) is 2. The van der Waals surface area contributed by atoms with Crippen molar-refractivity contribution >= 4 is 82.7 Å². The molecule has 18 heteroatoms. The molecule has 7 rings (SSSR count). The van der Waals surface area contributed by atoms with Gasteiger partial charge in [0.2, 0.25) is 0 Å². The Kier molecular flexibility index (Phi) is 10.4. The quantitative estimate of drug-likeness (QED) is 0.162. The zero-order chi connectivity index (χ0) is 33.0. The van der Waals surface area contributed by atoms with E-state index in [1.54, 1.807) is 16.6 Å². The largest absolute Gasteiger partial charge is 0.489 e. The van der Waals surface area contributed by atoms with Crippen molar-refractivity contribution in [2.24, 2.45) is 11.1 Å². The van der Waals surface area contributed by atoms with Crippen LogP contribution in [-0.2, 0) is 0 Å². The highest BCUT2D eigenvalue weighted by Crippen LogP contribution is 2.57. The number of benzene rings is 1. The monoisotopic (exact) mass is 754 g/mol. The van der Waals surface area contributed by atoms with Crippen molar-refractivity contribution in [1.29, 1.82) is 0 Å². The van der Waals surface area contributed by atoms with Crippen LogP contribution in [0.1, 0.15) is 58.6 Å². The smallest absolute Gasteiger partial charge is 0.404 e. The second-order valence-corrected chi connectivity index (χ2v) is 14.3. The van der Waals surface area contributed by atoms with Gasteiger partial charge in [-0.1, -0.05) is 17.7 Å². The lowest BCUT2D eigenvalue weighted by atomic mass is 9.53. The standard InChI is InChI=1S/C31H32ClFN8O5S.2ClH/c32-24-8-23(46-18-11-31(12-18)9-17(10-31)39-30(44)45)26(47-24)29(43)38-16-2-1-5-40(13-16)22-7-21(41-25(22)27(34)36-14-37-41)15-3-4-19(28(35)42)20(33)6-15;;/h3-4,6-8,14,16-18,39H,1-2,5,9-13H2,(H2,35,42)(H,38,43)(H,44,45)(H2,34,36,37);2*1H/t16-,17?,18?,31?;;/m1../s1. The first-order valence-electron chi connectivity index (χ1n) is 15.2. The van der Waals surface area contributed by atoms with Gasteiger partial charge in [-0.05, 0) is 62.1 Å². The van der Waals surface area contributed by atoms with Gasteiger partial charge in [-0.3, -0.25) is 9.59 Å². The Hall–Kier alpha value is -4.05. The average Bonchev–Trinajstić information content (AvgIpc) is 3.56. The van der Waals surface area contributed by atoms with Crippen molar-refractivity contribution in [3.63, 3.8) is 0 Å². The van der Waals surface area contributed by atoms with Crippen LogP contribution >= 0.6 is 47.8 Å². The van der Waals surface area contributed by atoms with Gasteiger partial charge in [0, 0.05) is 36.8 Å². The first-order chi connectivity index (χ1) is 22.5. The molecule has 0 radical (unpaired) electrons. The highest BCUT2D eigenvalue weighted by molar-refractivity contribution is 7.18. The maximum Gasteiger partial charge on any atom is 0.404 e. The number of hydrogen-bond donors (Lipinski definition) is 5. The second kappa shape index (κ2) is 14.1. The summed E-state index contributed by atoms with van der Waals surface area (Å²) in [6.45, 7) is 1.15. The van der Waals surface area contributed by atoms with Crippen molar-refractivity contribution in [1.82, 2.24) is 25.2 Å². The van der Waals surface area contributed by atoms with E-state index < -0.39 is 17.8 Å². The van der Waals surface area contributed by atoms with E-state index in [9.17, 15) is 18.8 Å². The third-order valence-corrected chi connectivity index (χ3v) is 10.6. The summed E-state index contributed by atoms with van der Waals surface area (Å²) < 4.78 is 23.0. The highest BCUT2D eigenvalue weighted by atomic mass is 35.5. The van der Waals surface area contributed by atoms with Crippen LogP contribution in [0.25, 0.3) is 16.8 Å². The predicted molar refractivity (Wildman–Crippen MR) is 188 cm³/mol. The maximum atomic E-state index is 14.7. The average molecular weight is 756 g/mol. The van der Waals surface area contributed by atoms with Crippen LogP contribution in [0.2, 0.25) is 4.34 Å². The number of hydrogen-bond acceptors (Lipinski definition) is 9. The van der Waals surface area contributed by atoms with E-state index in [1.807, 2.05) is 6.07 Å². The third kappa shape index (κ3) is 7.02. The van der Waals surface area contributed by atoms with E-state index in [0.29, 0.717) is 44.8 Å². The maximum absolute atomic E-state index is 14.7. The molecule has 3 amide bonds. The molecule has 0 bridgehead atoms. The Morgan fingerprint density at radius 3 is 2.55 bits per heavy atom. The first kappa shape index (κ1) is 36.2. The van der Waals surface area contributed by atoms with Gasteiger partial charge in [0.25, 0.3) is 11.8 Å². The third-order valence-electron chi connectivity index (χ3n) is 9.37. The number of amides is 3. The second-order valence-electron chi connectivity index (χ2n) is 12.6. The van der Waals surface area contributed by atoms with Gasteiger partial charge in [-0.2, -0.15) is 5.10 Å². The minimum Gasteiger partial charge on any atom is -0.489 e. The number of carbonyl (C=O) groups excluding carboxylic acids is 2. The van der Waals surface area contributed by atoms with Gasteiger partial charge < -0.3 is 36.8 Å². The summed E-state index contributed by atoms with van der Waals surface area (Å²) >= 11 is 7.50. The number of nitrogen functional groups attached to an aromatic ring is 1. The Balaban J connectivity index is 0.00000234. The first-order valence-corrected chi connectivity index (χ1v) is 16.4. The van der Waals surface area contributed by atoms with Gasteiger partial charge in [0.1, 0.15) is 28.3 Å². The van der Waals surface area contributed by atoms with Crippen LogP contribution in [0, 0.1) is 11.2 Å². The summed E-state index contributed by atoms with van der Waals surface area (Å²) in [5.41, 5.74) is 13.8. The molecule has 4 heterocycles. The van der Waals surface area contributed by atoms with Crippen molar-refractivity contribution in [2.45, 2.75) is 56.7 Å². The van der Waals surface area contributed by atoms with Crippen LogP contribution < -0.4 is 31.7 Å².